The number of halogens is 2. The van der Waals surface area contributed by atoms with Crippen molar-refractivity contribution in [2.24, 2.45) is 0 Å². The molecule has 4 rings (SSSR count). The summed E-state index contributed by atoms with van der Waals surface area (Å²) in [7, 11) is -3.68. The van der Waals surface area contributed by atoms with E-state index in [4.69, 9.17) is 0 Å². The second kappa shape index (κ2) is 8.17. The molecule has 0 saturated carbocycles. The topological polar surface area (TPSA) is 62.7 Å². The van der Waals surface area contributed by atoms with E-state index in [2.05, 4.69) is 14.6 Å². The number of hydrogen-bond donors (Lipinski definition) is 0. The highest BCUT2D eigenvalue weighted by molar-refractivity contribution is 7.89. The van der Waals surface area contributed by atoms with Crippen LogP contribution in [0.4, 0.5) is 8.78 Å². The van der Waals surface area contributed by atoms with Gasteiger partial charge in [-0.2, -0.15) is 13.1 Å². The maximum Gasteiger partial charge on any atom is 0.387 e. The van der Waals surface area contributed by atoms with E-state index in [1.807, 2.05) is 18.2 Å². The van der Waals surface area contributed by atoms with Gasteiger partial charge in [0.25, 0.3) is 0 Å². The Labute approximate surface area is 168 Å². The van der Waals surface area contributed by atoms with E-state index in [9.17, 15) is 17.2 Å². The van der Waals surface area contributed by atoms with Crippen LogP contribution in [-0.4, -0.2) is 61.9 Å². The summed E-state index contributed by atoms with van der Waals surface area (Å²) in [4.78, 5) is 6.71. The molecule has 3 heterocycles. The number of hydrogen-bond acceptors (Lipinski definition) is 5. The van der Waals surface area contributed by atoms with Gasteiger partial charge >= 0.3 is 6.61 Å². The normalized spacial score (nSPS) is 17.9. The zero-order valence-corrected chi connectivity index (χ0v) is 16.5. The Kier molecular flexibility index (Phi) is 5.62. The summed E-state index contributed by atoms with van der Waals surface area (Å²) in [6, 6.07) is 11.0. The van der Waals surface area contributed by atoms with Crippen LogP contribution in [0.5, 0.6) is 5.75 Å². The summed E-state index contributed by atoms with van der Waals surface area (Å²) < 4.78 is 56.0. The number of pyridine rings is 1. The SMILES string of the molecule is O=S(=O)(c1ccc(OC(F)F)cc1)N1CC2=C(CN(CCc3ccccn3)C2)C1. The number of sulfonamides is 1. The quantitative estimate of drug-likeness (QED) is 0.643. The average molecular weight is 421 g/mol. The van der Waals surface area contributed by atoms with Gasteiger partial charge in [-0.1, -0.05) is 6.07 Å². The van der Waals surface area contributed by atoms with E-state index < -0.39 is 16.6 Å². The molecule has 29 heavy (non-hydrogen) atoms. The van der Waals surface area contributed by atoms with Crippen LogP contribution >= 0.6 is 0 Å². The molecule has 0 bridgehead atoms. The average Bonchev–Trinajstić information content (AvgIpc) is 3.26. The largest absolute Gasteiger partial charge is 0.435 e. The predicted octanol–water partition coefficient (Wildman–Crippen LogP) is 2.54. The summed E-state index contributed by atoms with van der Waals surface area (Å²) in [5.41, 5.74) is 3.34. The fraction of sp³-hybridized carbons (Fsp3) is 0.350. The molecule has 6 nitrogen and oxygen atoms in total. The monoisotopic (exact) mass is 421 g/mol. The molecule has 0 amide bonds. The first-order chi connectivity index (χ1) is 13.9. The molecule has 154 valence electrons. The van der Waals surface area contributed by atoms with Crippen molar-refractivity contribution >= 4 is 10.0 Å². The molecule has 0 N–H and O–H groups in total. The second-order valence-corrected chi connectivity index (χ2v) is 9.05. The lowest BCUT2D eigenvalue weighted by molar-refractivity contribution is -0.0498. The van der Waals surface area contributed by atoms with Gasteiger partial charge in [0.2, 0.25) is 10.0 Å². The van der Waals surface area contributed by atoms with Crippen molar-refractivity contribution in [1.82, 2.24) is 14.2 Å². The van der Waals surface area contributed by atoms with Gasteiger partial charge in [0.05, 0.1) is 4.90 Å². The lowest BCUT2D eigenvalue weighted by Crippen LogP contribution is -2.34. The first kappa shape index (κ1) is 19.9. The minimum Gasteiger partial charge on any atom is -0.435 e. The molecule has 0 unspecified atom stereocenters. The van der Waals surface area contributed by atoms with Gasteiger partial charge in [-0.15, -0.1) is 0 Å². The summed E-state index contributed by atoms with van der Waals surface area (Å²) in [6.45, 7) is 0.191. The Morgan fingerprint density at radius 2 is 1.69 bits per heavy atom. The summed E-state index contributed by atoms with van der Waals surface area (Å²) >= 11 is 0. The Balaban J connectivity index is 1.34. The molecule has 9 heteroatoms. The van der Waals surface area contributed by atoms with Crippen LogP contribution in [-0.2, 0) is 16.4 Å². The van der Waals surface area contributed by atoms with Gasteiger partial charge in [-0.3, -0.25) is 9.88 Å². The maximum absolute atomic E-state index is 12.9. The lowest BCUT2D eigenvalue weighted by Gasteiger charge is -2.22. The second-order valence-electron chi connectivity index (χ2n) is 7.11. The van der Waals surface area contributed by atoms with E-state index in [0.29, 0.717) is 13.1 Å². The third-order valence-corrected chi connectivity index (χ3v) is 6.97. The Morgan fingerprint density at radius 3 is 2.28 bits per heavy atom. The van der Waals surface area contributed by atoms with Crippen molar-refractivity contribution in [3.63, 3.8) is 0 Å². The Bertz CT molecular complexity index is 977. The summed E-state index contributed by atoms with van der Waals surface area (Å²) in [5.74, 6) is -0.0652. The molecule has 0 fully saturated rings. The Hall–Kier alpha value is -2.36. The molecule has 2 aromatic rings. The van der Waals surface area contributed by atoms with Crippen molar-refractivity contribution in [2.45, 2.75) is 17.9 Å². The molecule has 0 saturated heterocycles. The van der Waals surface area contributed by atoms with Crippen LogP contribution in [0.15, 0.2) is 64.7 Å². The number of aromatic nitrogens is 1. The van der Waals surface area contributed by atoms with Gasteiger partial charge < -0.3 is 4.74 Å². The fourth-order valence-electron chi connectivity index (χ4n) is 3.71. The van der Waals surface area contributed by atoms with Crippen molar-refractivity contribution in [2.75, 3.05) is 32.7 Å². The van der Waals surface area contributed by atoms with Gasteiger partial charge in [0.15, 0.2) is 0 Å². The molecule has 0 atom stereocenters. The zero-order valence-electron chi connectivity index (χ0n) is 15.7. The molecule has 0 aliphatic carbocycles. The van der Waals surface area contributed by atoms with E-state index in [0.717, 1.165) is 42.9 Å². The smallest absolute Gasteiger partial charge is 0.387 e. The van der Waals surface area contributed by atoms with Crippen LogP contribution in [0.25, 0.3) is 0 Å². The van der Waals surface area contributed by atoms with Crippen LogP contribution in [0.1, 0.15) is 5.69 Å². The van der Waals surface area contributed by atoms with Crippen molar-refractivity contribution in [3.05, 3.63) is 65.5 Å². The predicted molar refractivity (Wildman–Crippen MR) is 103 cm³/mol. The summed E-state index contributed by atoms with van der Waals surface area (Å²) in [5, 5.41) is 0. The zero-order chi connectivity index (χ0) is 20.4. The van der Waals surface area contributed by atoms with Gasteiger partial charge in [0, 0.05) is 51.0 Å². The number of alkyl halides is 2. The number of nitrogens with zero attached hydrogens (tertiary/aromatic N) is 3. The molecular formula is C20H21F2N3O3S. The first-order valence-electron chi connectivity index (χ1n) is 9.29. The van der Waals surface area contributed by atoms with E-state index in [1.165, 1.54) is 28.6 Å². The number of rotatable bonds is 7. The highest BCUT2D eigenvalue weighted by Crippen LogP contribution is 2.30. The lowest BCUT2D eigenvalue weighted by atomic mass is 10.2. The standard InChI is InChI=1S/C20H21F2N3O3S/c21-20(22)28-18-4-6-19(7-5-18)29(26,27)25-13-15-11-24(12-16(15)14-25)10-8-17-3-1-2-9-23-17/h1-7,9,20H,8,10-14H2. The van der Waals surface area contributed by atoms with Crippen molar-refractivity contribution in [3.8, 4) is 5.75 Å². The van der Waals surface area contributed by atoms with Crippen LogP contribution in [0, 0.1) is 0 Å². The first-order valence-corrected chi connectivity index (χ1v) is 10.7. The van der Waals surface area contributed by atoms with Crippen molar-refractivity contribution in [1.29, 1.82) is 0 Å². The third kappa shape index (κ3) is 4.47. The van der Waals surface area contributed by atoms with Crippen molar-refractivity contribution < 1.29 is 21.9 Å². The molecule has 0 radical (unpaired) electrons. The number of ether oxygens (including phenoxy) is 1. The Morgan fingerprint density at radius 1 is 1.00 bits per heavy atom. The van der Waals surface area contributed by atoms with Gasteiger partial charge in [-0.05, 0) is 47.5 Å². The third-order valence-electron chi connectivity index (χ3n) is 5.16. The highest BCUT2D eigenvalue weighted by atomic mass is 32.2. The molecule has 2 aliphatic rings. The minimum absolute atomic E-state index is 0.0652. The molecule has 0 spiro atoms. The van der Waals surface area contributed by atoms with E-state index in [-0.39, 0.29) is 10.6 Å². The molecule has 1 aromatic heterocycles. The molecular weight excluding hydrogens is 400 g/mol. The minimum atomic E-state index is -3.68. The van der Waals surface area contributed by atoms with E-state index in [1.54, 1.807) is 6.20 Å². The fourth-order valence-corrected chi connectivity index (χ4v) is 5.14. The highest BCUT2D eigenvalue weighted by Gasteiger charge is 2.36. The van der Waals surface area contributed by atoms with Crippen LogP contribution in [0.2, 0.25) is 0 Å². The molecule has 2 aliphatic heterocycles. The maximum atomic E-state index is 12.9. The number of benzene rings is 1. The van der Waals surface area contributed by atoms with Gasteiger partial charge in [0.1, 0.15) is 5.75 Å². The molecule has 1 aromatic carbocycles. The summed E-state index contributed by atoms with van der Waals surface area (Å²) in [6.07, 6.45) is 2.64. The van der Waals surface area contributed by atoms with Crippen LogP contribution < -0.4 is 4.74 Å². The van der Waals surface area contributed by atoms with Crippen LogP contribution in [0.3, 0.4) is 0 Å². The van der Waals surface area contributed by atoms with E-state index >= 15 is 0 Å². The van der Waals surface area contributed by atoms with Gasteiger partial charge in [-0.25, -0.2) is 8.42 Å².